The Kier molecular flexibility index (Phi) is 2.87. The molecule has 2 heterocycles. The summed E-state index contributed by atoms with van der Waals surface area (Å²) < 4.78 is 37.8. The SMILES string of the molecule is FC(F)(F)c1nc(-c2ncc[nH]2)ccc1I. The van der Waals surface area contributed by atoms with E-state index in [1.165, 1.54) is 24.5 Å². The van der Waals surface area contributed by atoms with Crippen LogP contribution in [0.2, 0.25) is 0 Å². The van der Waals surface area contributed by atoms with E-state index in [0.29, 0.717) is 5.82 Å². The fraction of sp³-hybridized carbons (Fsp3) is 0.111. The van der Waals surface area contributed by atoms with Crippen molar-refractivity contribution in [2.24, 2.45) is 0 Å². The van der Waals surface area contributed by atoms with Crippen LogP contribution in [0.25, 0.3) is 11.5 Å². The van der Waals surface area contributed by atoms with Crippen molar-refractivity contribution in [1.82, 2.24) is 15.0 Å². The molecule has 0 saturated heterocycles. The minimum Gasteiger partial charge on any atom is -0.343 e. The summed E-state index contributed by atoms with van der Waals surface area (Å²) in [4.78, 5) is 10.1. The summed E-state index contributed by atoms with van der Waals surface area (Å²) >= 11 is 1.61. The third-order valence-corrected chi connectivity index (χ3v) is 2.73. The van der Waals surface area contributed by atoms with Gasteiger partial charge in [-0.15, -0.1) is 0 Å². The van der Waals surface area contributed by atoms with Gasteiger partial charge in [0, 0.05) is 16.0 Å². The zero-order chi connectivity index (χ0) is 11.8. The number of pyridine rings is 1. The lowest BCUT2D eigenvalue weighted by Crippen LogP contribution is -2.11. The van der Waals surface area contributed by atoms with Crippen molar-refractivity contribution in [1.29, 1.82) is 0 Å². The third-order valence-electron chi connectivity index (χ3n) is 1.86. The van der Waals surface area contributed by atoms with Crippen LogP contribution in [0.3, 0.4) is 0 Å². The topological polar surface area (TPSA) is 41.6 Å². The van der Waals surface area contributed by atoms with Crippen molar-refractivity contribution in [3.05, 3.63) is 33.8 Å². The van der Waals surface area contributed by atoms with E-state index in [4.69, 9.17) is 0 Å². The molecule has 0 spiro atoms. The number of hydrogen-bond acceptors (Lipinski definition) is 2. The number of H-pyrrole nitrogens is 1. The quantitative estimate of drug-likeness (QED) is 0.812. The predicted octanol–water partition coefficient (Wildman–Crippen LogP) is 3.10. The molecule has 0 radical (unpaired) electrons. The van der Waals surface area contributed by atoms with Crippen LogP contribution in [0.1, 0.15) is 5.69 Å². The van der Waals surface area contributed by atoms with Gasteiger partial charge in [-0.3, -0.25) is 0 Å². The highest BCUT2D eigenvalue weighted by atomic mass is 127. The Hall–Kier alpha value is -1.12. The molecule has 0 aliphatic rings. The Labute approximate surface area is 102 Å². The van der Waals surface area contributed by atoms with Crippen LogP contribution in [0.4, 0.5) is 13.2 Å². The van der Waals surface area contributed by atoms with Crippen molar-refractivity contribution < 1.29 is 13.2 Å². The van der Waals surface area contributed by atoms with Gasteiger partial charge in [-0.05, 0) is 34.7 Å². The molecule has 2 aromatic rings. The van der Waals surface area contributed by atoms with E-state index in [0.717, 1.165) is 0 Å². The lowest BCUT2D eigenvalue weighted by Gasteiger charge is -2.08. The van der Waals surface area contributed by atoms with Gasteiger partial charge in [-0.2, -0.15) is 13.2 Å². The minimum atomic E-state index is -4.45. The van der Waals surface area contributed by atoms with Crippen molar-refractivity contribution >= 4 is 22.6 Å². The van der Waals surface area contributed by atoms with E-state index < -0.39 is 11.9 Å². The molecule has 0 amide bonds. The van der Waals surface area contributed by atoms with Crippen LogP contribution in [0, 0.1) is 3.57 Å². The molecule has 0 unspecified atom stereocenters. The first kappa shape index (κ1) is 11.4. The smallest absolute Gasteiger partial charge is 0.343 e. The van der Waals surface area contributed by atoms with Crippen LogP contribution >= 0.6 is 22.6 Å². The molecular weight excluding hydrogens is 334 g/mol. The summed E-state index contributed by atoms with van der Waals surface area (Å²) in [5.41, 5.74) is -0.709. The molecule has 0 saturated carbocycles. The second-order valence-corrected chi connectivity index (χ2v) is 4.12. The zero-order valence-electron chi connectivity index (χ0n) is 7.72. The fourth-order valence-corrected chi connectivity index (χ4v) is 1.78. The summed E-state index contributed by atoms with van der Waals surface area (Å²) in [6.07, 6.45) is -1.45. The van der Waals surface area contributed by atoms with E-state index in [1.54, 1.807) is 22.6 Å². The van der Waals surface area contributed by atoms with Crippen molar-refractivity contribution in [2.45, 2.75) is 6.18 Å². The first-order valence-corrected chi connectivity index (χ1v) is 5.30. The molecule has 0 fully saturated rings. The Morgan fingerprint density at radius 2 is 2.00 bits per heavy atom. The predicted molar refractivity (Wildman–Crippen MR) is 59.5 cm³/mol. The van der Waals surface area contributed by atoms with Gasteiger partial charge in [0.25, 0.3) is 0 Å². The van der Waals surface area contributed by atoms with Gasteiger partial charge in [0.1, 0.15) is 5.69 Å². The van der Waals surface area contributed by atoms with Crippen LogP contribution in [-0.4, -0.2) is 15.0 Å². The normalized spacial score (nSPS) is 11.8. The molecule has 0 bridgehead atoms. The Bertz CT molecular complexity index is 493. The number of alkyl halides is 3. The van der Waals surface area contributed by atoms with Gasteiger partial charge in [0.05, 0.1) is 0 Å². The van der Waals surface area contributed by atoms with Gasteiger partial charge in [-0.25, -0.2) is 9.97 Å². The van der Waals surface area contributed by atoms with Crippen molar-refractivity contribution in [2.75, 3.05) is 0 Å². The lowest BCUT2D eigenvalue weighted by molar-refractivity contribution is -0.141. The molecule has 7 heteroatoms. The van der Waals surface area contributed by atoms with E-state index in [9.17, 15) is 13.2 Å². The summed E-state index contributed by atoms with van der Waals surface area (Å²) in [6, 6.07) is 2.87. The number of nitrogens with one attached hydrogen (secondary N) is 1. The molecule has 16 heavy (non-hydrogen) atoms. The third kappa shape index (κ3) is 2.18. The number of aromatic nitrogens is 3. The van der Waals surface area contributed by atoms with Gasteiger partial charge in [0.2, 0.25) is 0 Å². The number of imidazole rings is 1. The number of nitrogens with zero attached hydrogens (tertiary/aromatic N) is 2. The molecule has 2 aromatic heterocycles. The average molecular weight is 339 g/mol. The summed E-state index contributed by atoms with van der Waals surface area (Å²) in [5, 5.41) is 0. The van der Waals surface area contributed by atoms with Crippen molar-refractivity contribution in [3.8, 4) is 11.5 Å². The van der Waals surface area contributed by atoms with E-state index in [1.807, 2.05) is 0 Å². The monoisotopic (exact) mass is 339 g/mol. The highest BCUT2D eigenvalue weighted by Gasteiger charge is 2.35. The van der Waals surface area contributed by atoms with Crippen LogP contribution < -0.4 is 0 Å². The summed E-state index contributed by atoms with van der Waals surface area (Å²) in [6.45, 7) is 0. The Morgan fingerprint density at radius 3 is 2.56 bits per heavy atom. The lowest BCUT2D eigenvalue weighted by atomic mass is 10.3. The first-order chi connectivity index (χ1) is 7.48. The fourth-order valence-electron chi connectivity index (χ4n) is 1.18. The highest BCUT2D eigenvalue weighted by molar-refractivity contribution is 14.1. The maximum atomic E-state index is 12.6. The number of hydrogen-bond donors (Lipinski definition) is 1. The molecule has 1 N–H and O–H groups in total. The van der Waals surface area contributed by atoms with Gasteiger partial charge in [0.15, 0.2) is 11.5 Å². The zero-order valence-corrected chi connectivity index (χ0v) is 9.87. The Balaban J connectivity index is 2.52. The first-order valence-electron chi connectivity index (χ1n) is 4.22. The van der Waals surface area contributed by atoms with Gasteiger partial charge >= 0.3 is 6.18 Å². The molecular formula is C9H5F3IN3. The molecule has 84 valence electrons. The number of rotatable bonds is 1. The van der Waals surface area contributed by atoms with E-state index >= 15 is 0 Å². The largest absolute Gasteiger partial charge is 0.434 e. The molecule has 2 rings (SSSR count). The summed E-state index contributed by atoms with van der Waals surface area (Å²) in [7, 11) is 0. The second-order valence-electron chi connectivity index (χ2n) is 2.96. The molecule has 0 aromatic carbocycles. The molecule has 0 atom stereocenters. The highest BCUT2D eigenvalue weighted by Crippen LogP contribution is 2.32. The second kappa shape index (κ2) is 4.04. The maximum absolute atomic E-state index is 12.6. The van der Waals surface area contributed by atoms with Crippen LogP contribution in [0.15, 0.2) is 24.5 Å². The Morgan fingerprint density at radius 1 is 1.25 bits per heavy atom. The summed E-state index contributed by atoms with van der Waals surface area (Å²) in [5.74, 6) is 0.321. The van der Waals surface area contributed by atoms with Gasteiger partial charge in [-0.1, -0.05) is 0 Å². The number of halogens is 4. The standard InChI is InChI=1S/C9H5F3IN3/c10-9(11,12)7-5(13)1-2-6(16-7)8-14-3-4-15-8/h1-4H,(H,14,15). The molecule has 0 aliphatic carbocycles. The maximum Gasteiger partial charge on any atom is 0.434 e. The van der Waals surface area contributed by atoms with Crippen molar-refractivity contribution in [3.63, 3.8) is 0 Å². The van der Waals surface area contributed by atoms with E-state index in [2.05, 4.69) is 15.0 Å². The van der Waals surface area contributed by atoms with Crippen LogP contribution in [-0.2, 0) is 6.18 Å². The average Bonchev–Trinajstić information content (AvgIpc) is 2.69. The molecule has 3 nitrogen and oxygen atoms in total. The molecule has 0 aliphatic heterocycles. The van der Waals surface area contributed by atoms with Crippen LogP contribution in [0.5, 0.6) is 0 Å². The minimum absolute atomic E-state index is 0.0698. The van der Waals surface area contributed by atoms with E-state index in [-0.39, 0.29) is 9.26 Å². The number of aromatic amines is 1. The van der Waals surface area contributed by atoms with Gasteiger partial charge < -0.3 is 4.98 Å².